The number of nitrogens with one attached hydrogen (secondary N) is 1. The molecular weight excluding hydrogens is 508 g/mol. The van der Waals surface area contributed by atoms with E-state index in [2.05, 4.69) is 10.3 Å². The summed E-state index contributed by atoms with van der Waals surface area (Å²) >= 11 is 5.83. The van der Waals surface area contributed by atoms with Gasteiger partial charge in [0.2, 0.25) is 6.10 Å². The molecule has 0 saturated heterocycles. The molecule has 0 aliphatic heterocycles. The van der Waals surface area contributed by atoms with Crippen molar-refractivity contribution in [1.29, 1.82) is 0 Å². The number of hydrogen-bond donors (Lipinski definition) is 1. The van der Waals surface area contributed by atoms with Gasteiger partial charge >= 0.3 is 11.7 Å². The van der Waals surface area contributed by atoms with Crippen molar-refractivity contribution in [2.24, 2.45) is 14.1 Å². The van der Waals surface area contributed by atoms with Crippen LogP contribution in [-0.4, -0.2) is 35.5 Å². The van der Waals surface area contributed by atoms with E-state index in [4.69, 9.17) is 16.3 Å². The smallest absolute Gasteiger partial charge is 0.332 e. The number of imidazole rings is 1. The number of aryl methyl sites for hydroxylation is 1. The first-order chi connectivity index (χ1) is 17.6. The molecule has 14 heteroatoms. The Labute approximate surface area is 212 Å². The van der Waals surface area contributed by atoms with Gasteiger partial charge < -0.3 is 14.6 Å². The van der Waals surface area contributed by atoms with E-state index in [9.17, 15) is 29.3 Å². The van der Waals surface area contributed by atoms with Gasteiger partial charge in [0.05, 0.1) is 11.3 Å². The van der Waals surface area contributed by atoms with E-state index in [1.807, 2.05) is 0 Å². The van der Waals surface area contributed by atoms with Crippen LogP contribution in [0.1, 0.15) is 11.7 Å². The van der Waals surface area contributed by atoms with Gasteiger partial charge in [0.15, 0.2) is 11.2 Å². The molecule has 37 heavy (non-hydrogen) atoms. The molecule has 1 unspecified atom stereocenters. The number of anilines is 1. The van der Waals surface area contributed by atoms with Crippen molar-refractivity contribution >= 4 is 46.0 Å². The van der Waals surface area contributed by atoms with E-state index in [-0.39, 0.29) is 21.9 Å². The fourth-order valence-electron chi connectivity index (χ4n) is 3.66. The van der Waals surface area contributed by atoms with Gasteiger partial charge in [-0.3, -0.25) is 33.6 Å². The molecule has 0 bridgehead atoms. The molecule has 2 heterocycles. The van der Waals surface area contributed by atoms with Crippen LogP contribution in [-0.2, 0) is 35.0 Å². The van der Waals surface area contributed by atoms with Crippen molar-refractivity contribution in [3.8, 4) is 0 Å². The molecule has 0 saturated carbocycles. The highest BCUT2D eigenvalue weighted by atomic mass is 35.5. The van der Waals surface area contributed by atoms with Crippen molar-refractivity contribution < 1.29 is 19.2 Å². The molecule has 1 atom stereocenters. The number of amides is 1. The van der Waals surface area contributed by atoms with E-state index < -0.39 is 46.4 Å². The number of nitrogens with zero attached hydrogens (tertiary/aromatic N) is 5. The van der Waals surface area contributed by atoms with Crippen molar-refractivity contribution in [2.45, 2.75) is 12.6 Å². The van der Waals surface area contributed by atoms with Gasteiger partial charge in [0.1, 0.15) is 11.6 Å². The zero-order chi connectivity index (χ0) is 26.9. The van der Waals surface area contributed by atoms with E-state index in [1.165, 1.54) is 41.7 Å². The van der Waals surface area contributed by atoms with Crippen LogP contribution in [0.15, 0.2) is 64.4 Å². The van der Waals surface area contributed by atoms with Crippen LogP contribution in [0.25, 0.3) is 11.2 Å². The zero-order valence-electron chi connectivity index (χ0n) is 19.5. The number of esters is 1. The fourth-order valence-corrected chi connectivity index (χ4v) is 3.85. The highest BCUT2D eigenvalue weighted by molar-refractivity contribution is 6.32. The molecule has 0 aliphatic carbocycles. The summed E-state index contributed by atoms with van der Waals surface area (Å²) in [7, 11) is 2.74. The van der Waals surface area contributed by atoms with Crippen LogP contribution in [0.4, 0.5) is 11.4 Å². The van der Waals surface area contributed by atoms with Crippen molar-refractivity contribution in [1.82, 2.24) is 18.7 Å². The number of aromatic nitrogens is 4. The molecule has 190 valence electrons. The first kappa shape index (κ1) is 25.3. The van der Waals surface area contributed by atoms with Crippen LogP contribution in [0.3, 0.4) is 0 Å². The lowest BCUT2D eigenvalue weighted by atomic mass is 10.1. The number of benzene rings is 2. The van der Waals surface area contributed by atoms with Gasteiger partial charge in [-0.2, -0.15) is 0 Å². The number of nitro groups is 1. The molecule has 4 aromatic rings. The standard InChI is InChI=1S/C23H19ClN6O7/c1-27-20-18(22(33)28(2)23(27)34)29(12-25-20)11-17(31)37-19(13-6-4-3-5-7-13)21(32)26-14-8-9-15(24)16(10-14)30(35)36/h3-10,12,19H,11H2,1-2H3,(H,26,32). The van der Waals surface area contributed by atoms with Crippen LogP contribution in [0.5, 0.6) is 0 Å². The number of carbonyl (C=O) groups excluding carboxylic acids is 2. The molecule has 13 nitrogen and oxygen atoms in total. The van der Waals surface area contributed by atoms with Crippen LogP contribution < -0.4 is 16.6 Å². The Kier molecular flexibility index (Phi) is 6.89. The Bertz CT molecular complexity index is 1660. The van der Waals surface area contributed by atoms with Crippen LogP contribution >= 0.6 is 11.6 Å². The van der Waals surface area contributed by atoms with Crippen molar-refractivity contribution in [3.63, 3.8) is 0 Å². The maximum Gasteiger partial charge on any atom is 0.332 e. The summed E-state index contributed by atoms with van der Waals surface area (Å²) in [5.41, 5.74) is -1.12. The third-order valence-corrected chi connectivity index (χ3v) is 5.84. The van der Waals surface area contributed by atoms with Gasteiger partial charge in [0, 0.05) is 31.4 Å². The molecule has 2 aromatic heterocycles. The first-order valence-corrected chi connectivity index (χ1v) is 11.1. The molecule has 0 radical (unpaired) electrons. The second-order valence-corrected chi connectivity index (χ2v) is 8.35. The van der Waals surface area contributed by atoms with Gasteiger partial charge in [-0.1, -0.05) is 41.9 Å². The Balaban J connectivity index is 1.62. The van der Waals surface area contributed by atoms with Crippen LogP contribution in [0.2, 0.25) is 5.02 Å². The quantitative estimate of drug-likeness (QED) is 0.217. The maximum atomic E-state index is 13.1. The summed E-state index contributed by atoms with van der Waals surface area (Å²) in [5, 5.41) is 13.6. The summed E-state index contributed by atoms with van der Waals surface area (Å²) in [6.45, 7) is -0.479. The minimum atomic E-state index is -1.43. The third kappa shape index (κ3) is 4.97. The summed E-state index contributed by atoms with van der Waals surface area (Å²) < 4.78 is 8.76. The Morgan fingerprint density at radius 2 is 1.84 bits per heavy atom. The largest absolute Gasteiger partial charge is 0.446 e. The normalized spacial score (nSPS) is 11.8. The first-order valence-electron chi connectivity index (χ1n) is 10.7. The van der Waals surface area contributed by atoms with E-state index in [0.29, 0.717) is 5.56 Å². The lowest BCUT2D eigenvalue weighted by Crippen LogP contribution is -2.37. The molecular formula is C23H19ClN6O7. The van der Waals surface area contributed by atoms with Crippen molar-refractivity contribution in [3.05, 3.63) is 96.4 Å². The minimum Gasteiger partial charge on any atom is -0.446 e. The molecule has 4 rings (SSSR count). The monoisotopic (exact) mass is 526 g/mol. The number of carbonyl (C=O) groups is 2. The molecule has 1 amide bonds. The second kappa shape index (κ2) is 10.1. The van der Waals surface area contributed by atoms with E-state index in [1.54, 1.807) is 30.3 Å². The Morgan fingerprint density at radius 1 is 1.14 bits per heavy atom. The lowest BCUT2D eigenvalue weighted by molar-refractivity contribution is -0.384. The lowest BCUT2D eigenvalue weighted by Gasteiger charge is -2.18. The topological polar surface area (TPSA) is 160 Å². The Morgan fingerprint density at radius 3 is 2.51 bits per heavy atom. The summed E-state index contributed by atoms with van der Waals surface area (Å²) in [6.07, 6.45) is -0.206. The summed E-state index contributed by atoms with van der Waals surface area (Å²) in [6, 6.07) is 11.8. The number of rotatable bonds is 7. The van der Waals surface area contributed by atoms with Gasteiger partial charge in [-0.15, -0.1) is 0 Å². The molecule has 2 aromatic carbocycles. The number of fused-ring (bicyclic) bond motifs is 1. The number of hydrogen-bond acceptors (Lipinski definition) is 8. The van der Waals surface area contributed by atoms with Gasteiger partial charge in [-0.25, -0.2) is 9.78 Å². The predicted molar refractivity (Wildman–Crippen MR) is 132 cm³/mol. The van der Waals surface area contributed by atoms with E-state index in [0.717, 1.165) is 10.6 Å². The maximum absolute atomic E-state index is 13.1. The van der Waals surface area contributed by atoms with Crippen LogP contribution in [0, 0.1) is 10.1 Å². The van der Waals surface area contributed by atoms with E-state index >= 15 is 0 Å². The number of nitro benzene ring substituents is 1. The Hall–Kier alpha value is -4.78. The highest BCUT2D eigenvalue weighted by Gasteiger charge is 2.27. The molecule has 0 aliphatic rings. The number of halogens is 1. The molecule has 1 N–H and O–H groups in total. The molecule has 0 fully saturated rings. The fraction of sp³-hybridized carbons (Fsp3) is 0.174. The predicted octanol–water partition coefficient (Wildman–Crippen LogP) is 1.92. The highest BCUT2D eigenvalue weighted by Crippen LogP contribution is 2.28. The second-order valence-electron chi connectivity index (χ2n) is 7.94. The zero-order valence-corrected chi connectivity index (χ0v) is 20.2. The molecule has 0 spiro atoms. The minimum absolute atomic E-state index is 0.00994. The average molecular weight is 527 g/mol. The SMILES string of the molecule is Cn1c(=O)c2c(ncn2CC(=O)OC(C(=O)Nc2ccc(Cl)c([N+](=O)[O-])c2)c2ccccc2)n(C)c1=O. The number of ether oxygens (including phenoxy) is 1. The van der Waals surface area contributed by atoms with Gasteiger partial charge in [0.25, 0.3) is 17.2 Å². The van der Waals surface area contributed by atoms with Gasteiger partial charge in [-0.05, 0) is 12.1 Å². The third-order valence-electron chi connectivity index (χ3n) is 5.52. The average Bonchev–Trinajstić information content (AvgIpc) is 3.29. The summed E-state index contributed by atoms with van der Waals surface area (Å²) in [5.74, 6) is -1.65. The van der Waals surface area contributed by atoms with Crippen molar-refractivity contribution in [2.75, 3.05) is 5.32 Å². The summed E-state index contributed by atoms with van der Waals surface area (Å²) in [4.78, 5) is 65.3.